The normalized spacial score (nSPS) is 20.6. The van der Waals surface area contributed by atoms with E-state index in [1.54, 1.807) is 24.3 Å². The molecule has 1 aliphatic rings. The van der Waals surface area contributed by atoms with E-state index in [9.17, 15) is 13.2 Å². The number of sulfone groups is 1. The van der Waals surface area contributed by atoms with Gasteiger partial charge in [-0.3, -0.25) is 4.79 Å². The van der Waals surface area contributed by atoms with Crippen LogP contribution < -0.4 is 10.1 Å². The third kappa shape index (κ3) is 2.70. The van der Waals surface area contributed by atoms with E-state index in [1.165, 1.54) is 13.2 Å². The SMILES string of the molecule is COc1ccccc1C(=O)N[C@H]1C=CS(=O)(=O)C1. The molecule has 0 spiro atoms. The van der Waals surface area contributed by atoms with Gasteiger partial charge in [-0.15, -0.1) is 0 Å². The highest BCUT2D eigenvalue weighted by molar-refractivity contribution is 7.94. The molecule has 0 fully saturated rings. The highest BCUT2D eigenvalue weighted by Gasteiger charge is 2.24. The first kappa shape index (κ1) is 12.6. The van der Waals surface area contributed by atoms with Crippen molar-refractivity contribution in [3.8, 4) is 5.75 Å². The van der Waals surface area contributed by atoms with Crippen molar-refractivity contribution in [2.75, 3.05) is 12.9 Å². The summed E-state index contributed by atoms with van der Waals surface area (Å²) in [5.41, 5.74) is 0.387. The summed E-state index contributed by atoms with van der Waals surface area (Å²) in [5.74, 6) is 0.0208. The Hall–Kier alpha value is -1.82. The highest BCUT2D eigenvalue weighted by Crippen LogP contribution is 2.18. The van der Waals surface area contributed by atoms with Crippen LogP contribution in [-0.4, -0.2) is 33.2 Å². The van der Waals surface area contributed by atoms with E-state index in [0.29, 0.717) is 11.3 Å². The molecule has 0 aliphatic carbocycles. The zero-order valence-electron chi connectivity index (χ0n) is 9.79. The Kier molecular flexibility index (Phi) is 3.38. The van der Waals surface area contributed by atoms with Crippen LogP contribution in [0.25, 0.3) is 0 Å². The average molecular weight is 267 g/mol. The molecule has 0 saturated carbocycles. The molecule has 6 heteroatoms. The second-order valence-electron chi connectivity index (χ2n) is 3.94. The van der Waals surface area contributed by atoms with Crippen LogP contribution in [-0.2, 0) is 9.84 Å². The number of nitrogens with one attached hydrogen (secondary N) is 1. The molecule has 1 amide bonds. The molecule has 0 bridgehead atoms. The van der Waals surface area contributed by atoms with Gasteiger partial charge < -0.3 is 10.1 Å². The lowest BCUT2D eigenvalue weighted by molar-refractivity contribution is 0.0944. The van der Waals surface area contributed by atoms with Gasteiger partial charge in [0.25, 0.3) is 5.91 Å². The smallest absolute Gasteiger partial charge is 0.255 e. The quantitative estimate of drug-likeness (QED) is 0.876. The number of carbonyl (C=O) groups is 1. The van der Waals surface area contributed by atoms with Crippen LogP contribution >= 0.6 is 0 Å². The summed E-state index contributed by atoms with van der Waals surface area (Å²) in [6, 6.07) is 6.30. The Labute approximate surface area is 105 Å². The topological polar surface area (TPSA) is 72.5 Å². The average Bonchev–Trinajstić information content (AvgIpc) is 2.68. The molecule has 0 unspecified atom stereocenters. The molecule has 0 radical (unpaired) electrons. The van der Waals surface area contributed by atoms with Crippen molar-refractivity contribution < 1.29 is 17.9 Å². The third-order valence-corrected chi connectivity index (χ3v) is 3.99. The number of carbonyl (C=O) groups excluding carboxylic acids is 1. The first-order valence-electron chi connectivity index (χ1n) is 5.37. The number of methoxy groups -OCH3 is 1. The summed E-state index contributed by atoms with van der Waals surface area (Å²) in [7, 11) is -1.69. The van der Waals surface area contributed by atoms with Crippen molar-refractivity contribution >= 4 is 15.7 Å². The van der Waals surface area contributed by atoms with E-state index < -0.39 is 15.9 Å². The molecule has 96 valence electrons. The van der Waals surface area contributed by atoms with Gasteiger partial charge in [0.2, 0.25) is 0 Å². The summed E-state index contributed by atoms with van der Waals surface area (Å²) in [4.78, 5) is 12.0. The highest BCUT2D eigenvalue weighted by atomic mass is 32.2. The lowest BCUT2D eigenvalue weighted by Crippen LogP contribution is -2.35. The maximum absolute atomic E-state index is 12.0. The fraction of sp³-hybridized carbons (Fsp3) is 0.250. The molecule has 1 atom stereocenters. The van der Waals surface area contributed by atoms with Gasteiger partial charge in [-0.2, -0.15) is 0 Å². The lowest BCUT2D eigenvalue weighted by Gasteiger charge is -2.12. The first-order chi connectivity index (χ1) is 8.52. The number of hydrogen-bond donors (Lipinski definition) is 1. The number of benzene rings is 1. The van der Waals surface area contributed by atoms with Gasteiger partial charge in [0, 0.05) is 5.41 Å². The van der Waals surface area contributed by atoms with Crippen molar-refractivity contribution in [1.82, 2.24) is 5.32 Å². The Morgan fingerprint density at radius 2 is 2.11 bits per heavy atom. The Bertz CT molecular complexity index is 592. The van der Waals surface area contributed by atoms with Gasteiger partial charge in [-0.05, 0) is 18.2 Å². The van der Waals surface area contributed by atoms with Crippen LogP contribution in [0.1, 0.15) is 10.4 Å². The standard InChI is InChI=1S/C12H13NO4S/c1-17-11-5-3-2-4-10(11)12(14)13-9-6-7-18(15,16)8-9/h2-7,9H,8H2,1H3,(H,13,14)/t9-/m0/s1. The van der Waals surface area contributed by atoms with Crippen molar-refractivity contribution in [3.05, 3.63) is 41.3 Å². The van der Waals surface area contributed by atoms with Crippen LogP contribution in [0.3, 0.4) is 0 Å². The largest absolute Gasteiger partial charge is 0.496 e. The Balaban J connectivity index is 2.12. The van der Waals surface area contributed by atoms with Crippen molar-refractivity contribution in [2.24, 2.45) is 0 Å². The van der Waals surface area contributed by atoms with Crippen LogP contribution in [0.2, 0.25) is 0 Å². The molecule has 1 aromatic carbocycles. The van der Waals surface area contributed by atoms with Crippen LogP contribution in [0, 0.1) is 0 Å². The van der Waals surface area contributed by atoms with Gasteiger partial charge in [-0.25, -0.2) is 8.42 Å². The van der Waals surface area contributed by atoms with Gasteiger partial charge in [0.15, 0.2) is 9.84 Å². The minimum atomic E-state index is -3.17. The predicted octanol–water partition coefficient (Wildman–Crippen LogP) is 0.736. The van der Waals surface area contributed by atoms with E-state index in [-0.39, 0.29) is 11.7 Å². The van der Waals surface area contributed by atoms with Crippen molar-refractivity contribution in [2.45, 2.75) is 6.04 Å². The van der Waals surface area contributed by atoms with Gasteiger partial charge in [0.05, 0.1) is 24.5 Å². The minimum absolute atomic E-state index is 0.0894. The fourth-order valence-corrected chi connectivity index (χ4v) is 2.98. The Morgan fingerprint density at radius 3 is 2.72 bits per heavy atom. The van der Waals surface area contributed by atoms with Crippen molar-refractivity contribution in [3.63, 3.8) is 0 Å². The van der Waals surface area contributed by atoms with Crippen LogP contribution in [0.15, 0.2) is 35.7 Å². The zero-order chi connectivity index (χ0) is 13.2. The number of hydrogen-bond acceptors (Lipinski definition) is 4. The molecule has 5 nitrogen and oxygen atoms in total. The lowest BCUT2D eigenvalue weighted by atomic mass is 10.1. The van der Waals surface area contributed by atoms with E-state index in [0.717, 1.165) is 5.41 Å². The van der Waals surface area contributed by atoms with Crippen molar-refractivity contribution in [1.29, 1.82) is 0 Å². The maximum atomic E-state index is 12.0. The maximum Gasteiger partial charge on any atom is 0.255 e. The minimum Gasteiger partial charge on any atom is -0.496 e. The molecular weight excluding hydrogens is 254 g/mol. The number of para-hydroxylation sites is 1. The molecule has 0 saturated heterocycles. The van der Waals surface area contributed by atoms with E-state index >= 15 is 0 Å². The predicted molar refractivity (Wildman–Crippen MR) is 67.2 cm³/mol. The van der Waals surface area contributed by atoms with E-state index in [2.05, 4.69) is 5.32 Å². The molecule has 1 N–H and O–H groups in total. The van der Waals surface area contributed by atoms with Gasteiger partial charge >= 0.3 is 0 Å². The second-order valence-corrected chi connectivity index (χ2v) is 5.87. The molecule has 2 rings (SSSR count). The zero-order valence-corrected chi connectivity index (χ0v) is 10.6. The van der Waals surface area contributed by atoms with E-state index in [4.69, 9.17) is 4.74 Å². The molecule has 1 aromatic rings. The van der Waals surface area contributed by atoms with E-state index in [1.807, 2.05) is 0 Å². The monoisotopic (exact) mass is 267 g/mol. The molecule has 1 heterocycles. The molecule has 18 heavy (non-hydrogen) atoms. The summed E-state index contributed by atoms with van der Waals surface area (Å²) >= 11 is 0. The summed E-state index contributed by atoms with van der Waals surface area (Å²) in [6.45, 7) is 0. The second kappa shape index (κ2) is 4.81. The van der Waals surface area contributed by atoms with Crippen LogP contribution in [0.4, 0.5) is 0 Å². The first-order valence-corrected chi connectivity index (χ1v) is 7.08. The van der Waals surface area contributed by atoms with Crippen LogP contribution in [0.5, 0.6) is 5.75 Å². The molecule has 0 aromatic heterocycles. The summed E-state index contributed by atoms with van der Waals surface area (Å²) in [5, 5.41) is 3.77. The summed E-state index contributed by atoms with van der Waals surface area (Å²) in [6.07, 6.45) is 1.47. The number of amides is 1. The summed E-state index contributed by atoms with van der Waals surface area (Å²) < 4.78 is 27.5. The number of ether oxygens (including phenoxy) is 1. The number of rotatable bonds is 3. The Morgan fingerprint density at radius 1 is 1.39 bits per heavy atom. The molecular formula is C12H13NO4S. The third-order valence-electron chi connectivity index (χ3n) is 2.60. The van der Waals surface area contributed by atoms with Gasteiger partial charge in [-0.1, -0.05) is 12.1 Å². The molecule has 1 aliphatic heterocycles. The van der Waals surface area contributed by atoms with Gasteiger partial charge in [0.1, 0.15) is 5.75 Å². The fourth-order valence-electron chi connectivity index (χ4n) is 1.74.